The number of halogens is 1. The largest absolute Gasteiger partial charge is 0.501 e. The Bertz CT molecular complexity index is 364. The third-order valence-corrected chi connectivity index (χ3v) is 4.34. The van der Waals surface area contributed by atoms with Crippen LogP contribution in [0.3, 0.4) is 0 Å². The van der Waals surface area contributed by atoms with Gasteiger partial charge in [0.1, 0.15) is 0 Å². The van der Waals surface area contributed by atoms with Crippen LogP contribution in [0.5, 0.6) is 0 Å². The molecule has 2 rings (SSSR count). The Morgan fingerprint density at radius 2 is 2.47 bits per heavy atom. The van der Waals surface area contributed by atoms with Gasteiger partial charge in [-0.2, -0.15) is 0 Å². The molecule has 5 heteroatoms. The van der Waals surface area contributed by atoms with Gasteiger partial charge in [0.25, 0.3) is 0 Å². The van der Waals surface area contributed by atoms with Crippen molar-refractivity contribution in [3.8, 4) is 0 Å². The van der Waals surface area contributed by atoms with Crippen molar-refractivity contribution in [1.82, 2.24) is 5.43 Å². The van der Waals surface area contributed by atoms with Crippen LogP contribution in [0.15, 0.2) is 27.8 Å². The molecule has 0 aromatic carbocycles. The van der Waals surface area contributed by atoms with Crippen molar-refractivity contribution in [2.75, 3.05) is 6.61 Å². The van der Waals surface area contributed by atoms with Gasteiger partial charge < -0.3 is 4.74 Å². The molecule has 3 nitrogen and oxygen atoms in total. The second-order valence-electron chi connectivity index (χ2n) is 3.40. The Morgan fingerprint density at radius 3 is 3.00 bits per heavy atom. The number of hydrogen-bond donors (Lipinski definition) is 2. The highest BCUT2D eigenvalue weighted by Crippen LogP contribution is 2.35. The summed E-state index contributed by atoms with van der Waals surface area (Å²) in [6, 6.07) is 2.11. The van der Waals surface area contributed by atoms with E-state index >= 15 is 0 Å². The lowest BCUT2D eigenvalue weighted by molar-refractivity contribution is 0.219. The fraction of sp³-hybridized carbons (Fsp3) is 0.400. The fourth-order valence-corrected chi connectivity index (χ4v) is 3.36. The molecule has 0 amide bonds. The molecule has 15 heavy (non-hydrogen) atoms. The number of rotatable bonds is 3. The van der Waals surface area contributed by atoms with Gasteiger partial charge in [0.2, 0.25) is 0 Å². The molecule has 1 atom stereocenters. The zero-order chi connectivity index (χ0) is 10.7. The second-order valence-corrected chi connectivity index (χ2v) is 5.20. The lowest BCUT2D eigenvalue weighted by Gasteiger charge is -2.22. The molecule has 0 aliphatic carbocycles. The molecule has 1 aliphatic rings. The predicted octanol–water partition coefficient (Wildman–Crippen LogP) is 2.71. The van der Waals surface area contributed by atoms with Crippen molar-refractivity contribution >= 4 is 27.3 Å². The SMILES string of the molecule is NNC(C1=COCCC1)c1sccc1Br. The number of hydrogen-bond acceptors (Lipinski definition) is 4. The summed E-state index contributed by atoms with van der Waals surface area (Å²) in [5.74, 6) is 5.60. The van der Waals surface area contributed by atoms with Crippen LogP contribution in [0.25, 0.3) is 0 Å². The minimum atomic E-state index is 0.0691. The van der Waals surface area contributed by atoms with E-state index in [2.05, 4.69) is 21.4 Å². The maximum absolute atomic E-state index is 5.60. The monoisotopic (exact) mass is 288 g/mol. The molecule has 3 N–H and O–H groups in total. The van der Waals surface area contributed by atoms with E-state index in [0.717, 1.165) is 23.9 Å². The predicted molar refractivity (Wildman–Crippen MR) is 65.4 cm³/mol. The summed E-state index contributed by atoms with van der Waals surface area (Å²) in [5, 5.41) is 2.05. The van der Waals surface area contributed by atoms with Crippen LogP contribution in [0.2, 0.25) is 0 Å². The minimum Gasteiger partial charge on any atom is -0.501 e. The molecule has 2 heterocycles. The van der Waals surface area contributed by atoms with Crippen LogP contribution in [-0.2, 0) is 4.74 Å². The highest BCUT2D eigenvalue weighted by Gasteiger charge is 2.20. The van der Waals surface area contributed by atoms with Gasteiger partial charge in [0.05, 0.1) is 18.9 Å². The summed E-state index contributed by atoms with van der Waals surface area (Å²) in [7, 11) is 0. The standard InChI is InChI=1S/C10H13BrN2OS/c11-8-3-5-15-10(8)9(13-12)7-2-1-4-14-6-7/h3,5-6,9,13H,1-2,4,12H2. The van der Waals surface area contributed by atoms with Gasteiger partial charge in [-0.1, -0.05) is 0 Å². The molecule has 1 aromatic rings. The normalized spacial score (nSPS) is 18.1. The molecule has 1 aliphatic heterocycles. The van der Waals surface area contributed by atoms with Crippen LogP contribution < -0.4 is 11.3 Å². The van der Waals surface area contributed by atoms with Gasteiger partial charge in [-0.25, -0.2) is 5.43 Å². The van der Waals surface area contributed by atoms with Crippen LogP contribution in [0, 0.1) is 0 Å². The fourth-order valence-electron chi connectivity index (χ4n) is 1.66. The van der Waals surface area contributed by atoms with Gasteiger partial charge in [-0.15, -0.1) is 11.3 Å². The van der Waals surface area contributed by atoms with Crippen LogP contribution in [-0.4, -0.2) is 6.61 Å². The summed E-state index contributed by atoms with van der Waals surface area (Å²) in [6.45, 7) is 0.812. The first-order valence-electron chi connectivity index (χ1n) is 4.82. The van der Waals surface area contributed by atoms with E-state index < -0.39 is 0 Å². The summed E-state index contributed by atoms with van der Waals surface area (Å²) in [6.07, 6.45) is 3.94. The molecule has 0 fully saturated rings. The maximum Gasteiger partial charge on any atom is 0.0876 e. The number of ether oxygens (including phenoxy) is 1. The molecule has 1 aromatic heterocycles. The van der Waals surface area contributed by atoms with Crippen molar-refractivity contribution in [3.63, 3.8) is 0 Å². The van der Waals surface area contributed by atoms with Crippen LogP contribution in [0.4, 0.5) is 0 Å². The lowest BCUT2D eigenvalue weighted by atomic mass is 10.0. The molecule has 0 saturated heterocycles. The van der Waals surface area contributed by atoms with Gasteiger partial charge >= 0.3 is 0 Å². The second kappa shape index (κ2) is 5.12. The summed E-state index contributed by atoms with van der Waals surface area (Å²) < 4.78 is 6.43. The van der Waals surface area contributed by atoms with E-state index in [-0.39, 0.29) is 6.04 Å². The van der Waals surface area contributed by atoms with Crippen molar-refractivity contribution < 1.29 is 4.74 Å². The minimum absolute atomic E-state index is 0.0691. The Kier molecular flexibility index (Phi) is 3.80. The average molecular weight is 289 g/mol. The topological polar surface area (TPSA) is 47.3 Å². The molecule has 82 valence electrons. The average Bonchev–Trinajstić information content (AvgIpc) is 2.68. The lowest BCUT2D eigenvalue weighted by Crippen LogP contribution is -2.30. The van der Waals surface area contributed by atoms with E-state index in [1.54, 1.807) is 11.3 Å². The molecule has 0 bridgehead atoms. The zero-order valence-corrected chi connectivity index (χ0v) is 10.6. The number of nitrogens with two attached hydrogens (primary N) is 1. The van der Waals surface area contributed by atoms with Crippen molar-refractivity contribution in [1.29, 1.82) is 0 Å². The molecule has 0 spiro atoms. The van der Waals surface area contributed by atoms with Gasteiger partial charge in [-0.05, 0) is 45.8 Å². The van der Waals surface area contributed by atoms with E-state index in [9.17, 15) is 0 Å². The number of nitrogens with one attached hydrogen (secondary N) is 1. The third kappa shape index (κ3) is 2.42. The quantitative estimate of drug-likeness (QED) is 0.664. The molecule has 0 radical (unpaired) electrons. The molecule has 1 unspecified atom stereocenters. The highest BCUT2D eigenvalue weighted by molar-refractivity contribution is 9.10. The Labute approximate surface area is 101 Å². The van der Waals surface area contributed by atoms with Gasteiger partial charge in [0.15, 0.2) is 0 Å². The summed E-state index contributed by atoms with van der Waals surface area (Å²) >= 11 is 5.21. The Morgan fingerprint density at radius 1 is 1.60 bits per heavy atom. The van der Waals surface area contributed by atoms with E-state index in [0.29, 0.717) is 0 Å². The van der Waals surface area contributed by atoms with Crippen molar-refractivity contribution in [3.05, 3.63) is 32.6 Å². The van der Waals surface area contributed by atoms with E-state index in [4.69, 9.17) is 10.6 Å². The van der Waals surface area contributed by atoms with Crippen LogP contribution in [0.1, 0.15) is 23.8 Å². The summed E-state index contributed by atoms with van der Waals surface area (Å²) in [5.41, 5.74) is 4.06. The smallest absolute Gasteiger partial charge is 0.0876 e. The number of hydrazine groups is 1. The highest BCUT2D eigenvalue weighted by atomic mass is 79.9. The molecule has 0 saturated carbocycles. The van der Waals surface area contributed by atoms with Gasteiger partial charge in [-0.3, -0.25) is 5.84 Å². The number of thiophene rings is 1. The Balaban J connectivity index is 2.24. The Hall–Kier alpha value is -0.360. The third-order valence-electron chi connectivity index (χ3n) is 2.41. The first kappa shape index (κ1) is 11.1. The van der Waals surface area contributed by atoms with Crippen molar-refractivity contribution in [2.45, 2.75) is 18.9 Å². The summed E-state index contributed by atoms with van der Waals surface area (Å²) in [4.78, 5) is 1.20. The van der Waals surface area contributed by atoms with E-state index in [1.807, 2.05) is 17.7 Å². The first-order valence-corrected chi connectivity index (χ1v) is 6.49. The molecular formula is C10H13BrN2OS. The van der Waals surface area contributed by atoms with Crippen molar-refractivity contribution in [2.24, 2.45) is 5.84 Å². The maximum atomic E-state index is 5.60. The zero-order valence-electron chi connectivity index (χ0n) is 8.20. The van der Waals surface area contributed by atoms with Crippen LogP contribution >= 0.6 is 27.3 Å². The first-order chi connectivity index (χ1) is 7.33. The van der Waals surface area contributed by atoms with E-state index in [1.165, 1.54) is 10.5 Å². The van der Waals surface area contributed by atoms with Gasteiger partial charge in [0, 0.05) is 9.35 Å². The molecular weight excluding hydrogens is 276 g/mol.